The molecule has 0 radical (unpaired) electrons. The Hall–Kier alpha value is -1.80. The zero-order valence-corrected chi connectivity index (χ0v) is 18.9. The molecule has 1 spiro atoms. The average molecular weight is 447 g/mol. The number of likely N-dealkylation sites (tertiary alicyclic amines) is 1. The molecule has 0 unspecified atom stereocenters. The van der Waals surface area contributed by atoms with Crippen molar-refractivity contribution >= 4 is 17.2 Å². The molecule has 7 heteroatoms. The largest absolute Gasteiger partial charge is 0.396 e. The molecule has 2 aliphatic rings. The summed E-state index contributed by atoms with van der Waals surface area (Å²) in [5.74, 6) is -0.0984. The number of carbonyl (C=O) groups is 1. The van der Waals surface area contributed by atoms with Crippen molar-refractivity contribution in [3.05, 3.63) is 57.0 Å². The fraction of sp³-hybridized carbons (Fsp3) is 0.542. The van der Waals surface area contributed by atoms with E-state index in [0.29, 0.717) is 38.2 Å². The number of aryl methyl sites for hydroxylation is 1. The van der Waals surface area contributed by atoms with Crippen LogP contribution in [0.3, 0.4) is 0 Å². The van der Waals surface area contributed by atoms with Crippen molar-refractivity contribution < 1.29 is 19.0 Å². The van der Waals surface area contributed by atoms with Crippen LogP contribution in [0.15, 0.2) is 29.6 Å². The van der Waals surface area contributed by atoms with Crippen molar-refractivity contribution in [3.8, 4) is 0 Å². The van der Waals surface area contributed by atoms with Gasteiger partial charge in [0, 0.05) is 48.6 Å². The number of carbonyl (C=O) groups excluding carboxylic acids is 1. The van der Waals surface area contributed by atoms with Gasteiger partial charge in [-0.15, -0.1) is 11.3 Å². The number of amides is 1. The van der Waals surface area contributed by atoms with Gasteiger partial charge in [0.25, 0.3) is 5.91 Å². The number of piperidine rings is 1. The Bertz CT molecular complexity index is 908. The van der Waals surface area contributed by atoms with Gasteiger partial charge in [-0.05, 0) is 43.4 Å². The first-order valence-corrected chi connectivity index (χ1v) is 12.0. The minimum Gasteiger partial charge on any atom is -0.396 e. The van der Waals surface area contributed by atoms with Crippen LogP contribution < -0.4 is 0 Å². The maximum absolute atomic E-state index is 14.3. The topological polar surface area (TPSA) is 53.0 Å². The first-order chi connectivity index (χ1) is 15.0. The van der Waals surface area contributed by atoms with Gasteiger partial charge in [-0.25, -0.2) is 4.39 Å². The maximum atomic E-state index is 14.3. The van der Waals surface area contributed by atoms with E-state index in [1.165, 1.54) is 10.9 Å². The van der Waals surface area contributed by atoms with Gasteiger partial charge in [0.05, 0.1) is 24.3 Å². The lowest BCUT2D eigenvalue weighted by atomic mass is 9.89. The van der Waals surface area contributed by atoms with Crippen LogP contribution in [0.25, 0.3) is 0 Å². The van der Waals surface area contributed by atoms with Crippen molar-refractivity contribution in [2.24, 2.45) is 0 Å². The van der Waals surface area contributed by atoms with E-state index in [4.69, 9.17) is 9.84 Å². The normalized spacial score (nSPS) is 19.1. The summed E-state index contributed by atoms with van der Waals surface area (Å²) < 4.78 is 20.5. The van der Waals surface area contributed by atoms with Crippen LogP contribution >= 0.6 is 11.3 Å². The number of hydrogen-bond acceptors (Lipinski definition) is 5. The fourth-order valence-corrected chi connectivity index (χ4v) is 5.38. The minimum atomic E-state index is -0.300. The predicted octanol–water partition coefficient (Wildman–Crippen LogP) is 3.49. The van der Waals surface area contributed by atoms with E-state index in [-0.39, 0.29) is 23.9 Å². The van der Waals surface area contributed by atoms with Gasteiger partial charge in [0.15, 0.2) is 0 Å². The SMILES string of the molecule is CCc1cc(C(=O)N2CCOC3(CCN(Cc4cc(CCO)ccc4F)CC3)C2)cs1. The lowest BCUT2D eigenvalue weighted by molar-refractivity contribution is -0.128. The van der Waals surface area contributed by atoms with Crippen LogP contribution in [0.4, 0.5) is 4.39 Å². The monoisotopic (exact) mass is 446 g/mol. The fourth-order valence-electron chi connectivity index (χ4n) is 4.57. The highest BCUT2D eigenvalue weighted by Crippen LogP contribution is 2.32. The van der Waals surface area contributed by atoms with Crippen molar-refractivity contribution in [3.63, 3.8) is 0 Å². The number of benzene rings is 1. The van der Waals surface area contributed by atoms with Gasteiger partial charge < -0.3 is 14.7 Å². The highest BCUT2D eigenvalue weighted by molar-refractivity contribution is 7.10. The summed E-state index contributed by atoms with van der Waals surface area (Å²) in [4.78, 5) is 18.4. The number of aliphatic hydroxyl groups is 1. The average Bonchev–Trinajstić information content (AvgIpc) is 3.27. The molecular formula is C24H31FN2O3S. The van der Waals surface area contributed by atoms with E-state index in [1.807, 2.05) is 22.4 Å². The summed E-state index contributed by atoms with van der Waals surface area (Å²) in [6, 6.07) is 7.10. The molecular weight excluding hydrogens is 415 g/mol. The zero-order valence-electron chi connectivity index (χ0n) is 18.1. The molecule has 5 nitrogen and oxygen atoms in total. The highest BCUT2D eigenvalue weighted by atomic mass is 32.1. The molecule has 2 aromatic rings. The molecule has 1 aromatic heterocycles. The standard InChI is InChI=1S/C24H31FN2O3S/c1-2-21-14-20(16-31-21)23(29)27-10-12-30-24(17-27)6-8-26(9-7-24)15-19-13-18(5-11-28)3-4-22(19)25/h3-4,13-14,16,28H,2,5-12,15,17H2,1H3. The lowest BCUT2D eigenvalue weighted by Gasteiger charge is -2.47. The Morgan fingerprint density at radius 3 is 2.77 bits per heavy atom. The Kier molecular flexibility index (Phi) is 7.06. The van der Waals surface area contributed by atoms with Gasteiger partial charge in [-0.3, -0.25) is 9.69 Å². The molecule has 1 aromatic carbocycles. The molecule has 4 rings (SSSR count). The van der Waals surface area contributed by atoms with Crippen LogP contribution in [0.2, 0.25) is 0 Å². The summed E-state index contributed by atoms with van der Waals surface area (Å²) >= 11 is 1.65. The summed E-state index contributed by atoms with van der Waals surface area (Å²) in [6.45, 7) is 6.16. The minimum absolute atomic E-state index is 0.0645. The number of rotatable bonds is 6. The van der Waals surface area contributed by atoms with E-state index < -0.39 is 0 Å². The second-order valence-corrected chi connectivity index (χ2v) is 9.58. The number of hydrogen-bond donors (Lipinski definition) is 1. The number of nitrogens with zero attached hydrogens (tertiary/aromatic N) is 2. The summed E-state index contributed by atoms with van der Waals surface area (Å²) in [6.07, 6.45) is 3.15. The predicted molar refractivity (Wildman–Crippen MR) is 120 cm³/mol. The molecule has 3 heterocycles. The van der Waals surface area contributed by atoms with Crippen molar-refractivity contribution in [1.29, 1.82) is 0 Å². The number of morpholine rings is 1. The molecule has 0 saturated carbocycles. The smallest absolute Gasteiger partial charge is 0.254 e. The van der Waals surface area contributed by atoms with E-state index in [0.717, 1.165) is 43.5 Å². The molecule has 0 aliphatic carbocycles. The highest BCUT2D eigenvalue weighted by Gasteiger charge is 2.41. The van der Waals surface area contributed by atoms with Gasteiger partial charge in [-0.1, -0.05) is 19.1 Å². The van der Waals surface area contributed by atoms with Crippen LogP contribution in [-0.2, 0) is 24.1 Å². The first kappa shape index (κ1) is 22.4. The molecule has 2 fully saturated rings. The van der Waals surface area contributed by atoms with Gasteiger partial charge >= 0.3 is 0 Å². The number of halogens is 1. The summed E-state index contributed by atoms with van der Waals surface area (Å²) in [5, 5.41) is 11.1. The number of thiophene rings is 1. The maximum Gasteiger partial charge on any atom is 0.254 e. The van der Waals surface area contributed by atoms with E-state index in [1.54, 1.807) is 17.4 Å². The quantitative estimate of drug-likeness (QED) is 0.738. The van der Waals surface area contributed by atoms with Gasteiger partial charge in [-0.2, -0.15) is 0 Å². The summed E-state index contributed by atoms with van der Waals surface area (Å²) in [5.41, 5.74) is 2.12. The Morgan fingerprint density at radius 1 is 1.26 bits per heavy atom. The first-order valence-electron chi connectivity index (χ1n) is 11.1. The van der Waals surface area contributed by atoms with Crippen LogP contribution in [0.1, 0.15) is 46.1 Å². The molecule has 168 valence electrons. The second kappa shape index (κ2) is 9.77. The number of ether oxygens (including phenoxy) is 1. The van der Waals surface area contributed by atoms with E-state index in [2.05, 4.69) is 11.8 Å². The molecule has 1 amide bonds. The molecule has 0 bridgehead atoms. The Morgan fingerprint density at radius 2 is 2.06 bits per heavy atom. The third-order valence-corrected chi connectivity index (χ3v) is 7.54. The Balaban J connectivity index is 1.36. The number of aliphatic hydroxyl groups excluding tert-OH is 1. The lowest BCUT2D eigenvalue weighted by Crippen LogP contribution is -2.57. The van der Waals surface area contributed by atoms with Crippen LogP contribution in [-0.4, -0.2) is 65.8 Å². The van der Waals surface area contributed by atoms with Crippen molar-refractivity contribution in [2.75, 3.05) is 39.4 Å². The summed E-state index contributed by atoms with van der Waals surface area (Å²) in [7, 11) is 0. The molecule has 2 saturated heterocycles. The third kappa shape index (κ3) is 5.17. The molecule has 0 atom stereocenters. The van der Waals surface area contributed by atoms with E-state index >= 15 is 0 Å². The van der Waals surface area contributed by atoms with Crippen molar-refractivity contribution in [2.45, 2.75) is 44.8 Å². The molecule has 1 N–H and O–H groups in total. The molecule has 31 heavy (non-hydrogen) atoms. The Labute approximate surface area is 187 Å². The second-order valence-electron chi connectivity index (χ2n) is 8.59. The van der Waals surface area contributed by atoms with Gasteiger partial charge in [0.1, 0.15) is 5.82 Å². The van der Waals surface area contributed by atoms with Gasteiger partial charge in [0.2, 0.25) is 0 Å². The zero-order chi connectivity index (χ0) is 21.8. The van der Waals surface area contributed by atoms with Crippen LogP contribution in [0.5, 0.6) is 0 Å². The third-order valence-electron chi connectivity index (χ3n) is 6.46. The van der Waals surface area contributed by atoms with Crippen LogP contribution in [0, 0.1) is 5.82 Å². The molecule has 2 aliphatic heterocycles. The van der Waals surface area contributed by atoms with E-state index in [9.17, 15) is 9.18 Å². The van der Waals surface area contributed by atoms with Crippen molar-refractivity contribution in [1.82, 2.24) is 9.80 Å².